The average molecular weight is 441 g/mol. The summed E-state index contributed by atoms with van der Waals surface area (Å²) in [7, 11) is 3.17. The number of hydrogen-bond acceptors (Lipinski definition) is 7. The summed E-state index contributed by atoms with van der Waals surface area (Å²) in [6, 6.07) is 8.80. The van der Waals surface area contributed by atoms with Gasteiger partial charge in [-0.3, -0.25) is 4.90 Å². The van der Waals surface area contributed by atoms with Crippen LogP contribution < -0.4 is 14.8 Å². The summed E-state index contributed by atoms with van der Waals surface area (Å²) in [6.45, 7) is 4.53. The number of methoxy groups -OCH3 is 2. The first-order chi connectivity index (χ1) is 15.1. The van der Waals surface area contributed by atoms with E-state index in [0.717, 1.165) is 28.1 Å². The topological polar surface area (TPSA) is 89.7 Å². The summed E-state index contributed by atoms with van der Waals surface area (Å²) < 4.78 is 16.5. The molecule has 3 heterocycles. The Balaban J connectivity index is 1.83. The number of carbonyl (C=O) groups excluding carboxylic acids is 1. The molecule has 0 saturated heterocycles. The van der Waals surface area contributed by atoms with Gasteiger partial charge in [0.05, 0.1) is 30.7 Å². The Hall–Kier alpha value is -3.33. The van der Waals surface area contributed by atoms with Crippen LogP contribution in [-0.2, 0) is 0 Å². The largest absolute Gasteiger partial charge is 0.493 e. The van der Waals surface area contributed by atoms with Crippen molar-refractivity contribution >= 4 is 22.9 Å². The fourth-order valence-electron chi connectivity index (χ4n) is 3.67. The predicted octanol–water partition coefficient (Wildman–Crippen LogP) is 4.72. The normalized spacial score (nSPS) is 16.5. The Morgan fingerprint density at radius 3 is 2.71 bits per heavy atom. The van der Waals surface area contributed by atoms with Crippen LogP contribution in [0.5, 0.6) is 11.5 Å². The van der Waals surface area contributed by atoms with Gasteiger partial charge in [0.1, 0.15) is 0 Å². The fourth-order valence-corrected chi connectivity index (χ4v) is 4.32. The van der Waals surface area contributed by atoms with Gasteiger partial charge in [-0.2, -0.15) is 4.98 Å². The fraction of sp³-hybridized carbons (Fsp3) is 0.318. The molecule has 3 aromatic rings. The van der Waals surface area contributed by atoms with E-state index in [1.807, 2.05) is 49.6 Å². The molecule has 0 bridgehead atoms. The summed E-state index contributed by atoms with van der Waals surface area (Å²) in [5, 5.41) is 9.21. The van der Waals surface area contributed by atoms with Crippen LogP contribution in [0.4, 0.5) is 4.79 Å². The zero-order valence-electron chi connectivity index (χ0n) is 17.8. The molecular formula is C22H24N4O4S. The third-order valence-corrected chi connectivity index (χ3v) is 6.05. The highest BCUT2D eigenvalue weighted by Crippen LogP contribution is 2.40. The van der Waals surface area contributed by atoms with E-state index in [9.17, 15) is 4.79 Å². The number of aromatic nitrogens is 2. The molecule has 0 radical (unpaired) electrons. The van der Waals surface area contributed by atoms with Gasteiger partial charge in [0.2, 0.25) is 5.82 Å². The highest BCUT2D eigenvalue weighted by molar-refractivity contribution is 7.13. The number of nitrogens with zero attached hydrogens (tertiary/aromatic N) is 3. The number of benzene rings is 1. The van der Waals surface area contributed by atoms with E-state index in [4.69, 9.17) is 14.0 Å². The van der Waals surface area contributed by atoms with Crippen molar-refractivity contribution in [2.45, 2.75) is 26.3 Å². The van der Waals surface area contributed by atoms with Crippen molar-refractivity contribution in [2.24, 2.45) is 0 Å². The minimum absolute atomic E-state index is 0.166. The van der Waals surface area contributed by atoms with Crippen LogP contribution in [-0.4, -0.2) is 41.8 Å². The number of amides is 2. The Morgan fingerprint density at radius 1 is 1.23 bits per heavy atom. The van der Waals surface area contributed by atoms with Crippen molar-refractivity contribution < 1.29 is 18.8 Å². The molecule has 1 unspecified atom stereocenters. The molecule has 2 aromatic heterocycles. The van der Waals surface area contributed by atoms with Crippen molar-refractivity contribution in [2.75, 3.05) is 20.8 Å². The SMILES string of the molecule is CCCN1C(=O)NC(c2ccc(OC)c(OC)c2)C(c2nc(-c3cccs3)no2)=C1C. The lowest BCUT2D eigenvalue weighted by molar-refractivity contribution is 0.205. The van der Waals surface area contributed by atoms with Crippen molar-refractivity contribution in [1.82, 2.24) is 20.4 Å². The van der Waals surface area contributed by atoms with Crippen LogP contribution in [0.15, 0.2) is 45.9 Å². The molecular weight excluding hydrogens is 416 g/mol. The molecule has 0 saturated carbocycles. The van der Waals surface area contributed by atoms with Gasteiger partial charge in [0.15, 0.2) is 11.5 Å². The molecule has 1 N–H and O–H groups in total. The number of nitrogens with one attached hydrogen (secondary N) is 1. The van der Waals surface area contributed by atoms with Gasteiger partial charge >= 0.3 is 6.03 Å². The smallest absolute Gasteiger partial charge is 0.322 e. The Kier molecular flexibility index (Phi) is 5.94. The molecule has 0 aliphatic carbocycles. The van der Waals surface area contributed by atoms with Crippen molar-refractivity contribution in [3.63, 3.8) is 0 Å². The third-order valence-electron chi connectivity index (χ3n) is 5.18. The lowest BCUT2D eigenvalue weighted by Gasteiger charge is -2.35. The van der Waals surface area contributed by atoms with Crippen molar-refractivity contribution in [1.29, 1.82) is 0 Å². The minimum atomic E-state index is -0.475. The quantitative estimate of drug-likeness (QED) is 0.572. The Morgan fingerprint density at radius 2 is 2.03 bits per heavy atom. The number of carbonyl (C=O) groups is 1. The van der Waals surface area contributed by atoms with E-state index in [-0.39, 0.29) is 6.03 Å². The average Bonchev–Trinajstić information content (AvgIpc) is 3.47. The van der Waals surface area contributed by atoms with E-state index in [2.05, 4.69) is 15.5 Å². The van der Waals surface area contributed by atoms with Crippen LogP contribution in [0.3, 0.4) is 0 Å². The predicted molar refractivity (Wildman–Crippen MR) is 118 cm³/mol. The highest BCUT2D eigenvalue weighted by atomic mass is 32.1. The minimum Gasteiger partial charge on any atom is -0.493 e. The second-order valence-electron chi connectivity index (χ2n) is 7.05. The van der Waals surface area contributed by atoms with Gasteiger partial charge < -0.3 is 19.3 Å². The van der Waals surface area contributed by atoms with Gasteiger partial charge in [-0.05, 0) is 42.5 Å². The highest BCUT2D eigenvalue weighted by Gasteiger charge is 2.35. The molecule has 0 spiro atoms. The number of hydrogen-bond donors (Lipinski definition) is 1. The summed E-state index contributed by atoms with van der Waals surface area (Å²) in [4.78, 5) is 20.2. The van der Waals surface area contributed by atoms with Gasteiger partial charge in [0, 0.05) is 12.2 Å². The maximum Gasteiger partial charge on any atom is 0.322 e. The maximum atomic E-state index is 12.9. The second kappa shape index (κ2) is 8.81. The van der Waals surface area contributed by atoms with E-state index < -0.39 is 6.04 Å². The second-order valence-corrected chi connectivity index (χ2v) is 8.00. The Bertz CT molecular complexity index is 1110. The zero-order valence-corrected chi connectivity index (χ0v) is 18.7. The van der Waals surface area contributed by atoms with Crippen LogP contribution in [0.1, 0.15) is 37.8 Å². The molecule has 31 heavy (non-hydrogen) atoms. The standard InChI is InChI=1S/C22H24N4O4S/c1-5-10-26-13(2)18(21-24-20(25-30-21)17-7-6-11-31-17)19(23-22(26)27)14-8-9-15(28-3)16(12-14)29-4/h6-9,11-12,19H,5,10H2,1-4H3,(H,23,27). The van der Waals surface area contributed by atoms with Gasteiger partial charge in [-0.15, -0.1) is 11.3 Å². The monoisotopic (exact) mass is 440 g/mol. The molecule has 4 rings (SSSR count). The summed E-state index contributed by atoms with van der Waals surface area (Å²) in [6.07, 6.45) is 0.823. The molecule has 1 atom stereocenters. The van der Waals surface area contributed by atoms with Crippen LogP contribution in [0, 0.1) is 0 Å². The molecule has 1 aromatic carbocycles. The number of allylic oxidation sites excluding steroid dienone is 1. The van der Waals surface area contributed by atoms with Crippen LogP contribution in [0.2, 0.25) is 0 Å². The van der Waals surface area contributed by atoms with E-state index >= 15 is 0 Å². The number of rotatable bonds is 7. The first-order valence-corrected chi connectivity index (χ1v) is 10.8. The van der Waals surface area contributed by atoms with Gasteiger partial charge in [-0.1, -0.05) is 24.2 Å². The molecule has 1 aliphatic heterocycles. The van der Waals surface area contributed by atoms with Crippen LogP contribution in [0.25, 0.3) is 16.3 Å². The lowest BCUT2D eigenvalue weighted by Crippen LogP contribution is -2.46. The van der Waals surface area contributed by atoms with E-state index in [0.29, 0.717) is 29.8 Å². The molecule has 8 nitrogen and oxygen atoms in total. The van der Waals surface area contributed by atoms with Gasteiger partial charge in [0.25, 0.3) is 5.89 Å². The molecule has 2 amide bonds. The maximum absolute atomic E-state index is 12.9. The number of ether oxygens (including phenoxy) is 2. The van der Waals surface area contributed by atoms with E-state index in [1.165, 1.54) is 0 Å². The summed E-state index contributed by atoms with van der Waals surface area (Å²) in [5.41, 5.74) is 2.37. The number of thiophene rings is 1. The first kappa shape index (κ1) is 20.9. The summed E-state index contributed by atoms with van der Waals surface area (Å²) >= 11 is 1.54. The third kappa shape index (κ3) is 3.88. The lowest BCUT2D eigenvalue weighted by atomic mass is 9.94. The molecule has 0 fully saturated rings. The molecule has 162 valence electrons. The molecule has 9 heteroatoms. The van der Waals surface area contributed by atoms with E-state index in [1.54, 1.807) is 30.5 Å². The summed E-state index contributed by atoms with van der Waals surface area (Å²) in [5.74, 6) is 2.09. The van der Waals surface area contributed by atoms with Gasteiger partial charge in [-0.25, -0.2) is 4.79 Å². The first-order valence-electron chi connectivity index (χ1n) is 9.96. The number of urea groups is 1. The molecule has 1 aliphatic rings. The van der Waals surface area contributed by atoms with Crippen LogP contribution >= 0.6 is 11.3 Å². The van der Waals surface area contributed by atoms with Crippen molar-refractivity contribution in [3.05, 3.63) is 52.9 Å². The zero-order chi connectivity index (χ0) is 22.0. The Labute approximate surface area is 184 Å². The van der Waals surface area contributed by atoms with Crippen molar-refractivity contribution in [3.8, 4) is 22.2 Å².